The summed E-state index contributed by atoms with van der Waals surface area (Å²) in [6.45, 7) is 0. The standard InChI is InChI=1S/C29H20N2/c30-29(31)22-11-9-19(10-12-22)26-17-25(18-5-2-1-3-6-18)23-15-13-20-7-4-8-21-14-16-24(26)28(23)27(20)21/h1-17H,(H3,30,31). The fourth-order valence-corrected chi connectivity index (χ4v) is 4.76. The summed E-state index contributed by atoms with van der Waals surface area (Å²) >= 11 is 0. The summed E-state index contributed by atoms with van der Waals surface area (Å²) < 4.78 is 0. The lowest BCUT2D eigenvalue weighted by Crippen LogP contribution is -2.10. The van der Waals surface area contributed by atoms with Crippen LogP contribution in [0, 0.1) is 5.41 Å². The molecule has 0 radical (unpaired) electrons. The topological polar surface area (TPSA) is 49.9 Å². The first-order valence-electron chi connectivity index (χ1n) is 10.4. The largest absolute Gasteiger partial charge is 0.384 e. The molecule has 2 heteroatoms. The fraction of sp³-hybridized carbons (Fsp3) is 0. The molecular formula is C29H20N2. The van der Waals surface area contributed by atoms with E-state index in [1.807, 2.05) is 12.1 Å². The monoisotopic (exact) mass is 396 g/mol. The highest BCUT2D eigenvalue weighted by molar-refractivity contribution is 6.28. The minimum Gasteiger partial charge on any atom is -0.384 e. The van der Waals surface area contributed by atoms with Crippen LogP contribution < -0.4 is 5.73 Å². The Balaban J connectivity index is 1.77. The minimum absolute atomic E-state index is 0.0897. The van der Waals surface area contributed by atoms with E-state index in [9.17, 15) is 0 Å². The summed E-state index contributed by atoms with van der Waals surface area (Å²) in [5.74, 6) is 0.0897. The number of nitrogen functional groups attached to an aromatic ring is 1. The molecule has 0 fully saturated rings. The zero-order chi connectivity index (χ0) is 20.9. The molecule has 2 nitrogen and oxygen atoms in total. The highest BCUT2D eigenvalue weighted by atomic mass is 14.7. The van der Waals surface area contributed by atoms with Crippen molar-refractivity contribution >= 4 is 38.2 Å². The van der Waals surface area contributed by atoms with Crippen molar-refractivity contribution in [1.82, 2.24) is 0 Å². The molecule has 0 spiro atoms. The summed E-state index contributed by atoms with van der Waals surface area (Å²) in [5.41, 5.74) is 11.2. The summed E-state index contributed by atoms with van der Waals surface area (Å²) in [6, 6.07) is 36.4. The van der Waals surface area contributed by atoms with E-state index in [1.54, 1.807) is 0 Å². The third-order valence-corrected chi connectivity index (χ3v) is 6.24. The van der Waals surface area contributed by atoms with Crippen molar-refractivity contribution < 1.29 is 0 Å². The Morgan fingerprint density at radius 1 is 0.548 bits per heavy atom. The highest BCUT2D eigenvalue weighted by Crippen LogP contribution is 2.43. The van der Waals surface area contributed by atoms with Crippen LogP contribution in [0.3, 0.4) is 0 Å². The Hall–Kier alpha value is -4.17. The van der Waals surface area contributed by atoms with Gasteiger partial charge in [-0.05, 0) is 60.6 Å². The molecule has 0 bridgehead atoms. The Kier molecular flexibility index (Phi) is 3.81. The van der Waals surface area contributed by atoms with Crippen molar-refractivity contribution in [2.24, 2.45) is 5.73 Å². The number of rotatable bonds is 3. The Bertz CT molecular complexity index is 1560. The Morgan fingerprint density at radius 2 is 1.13 bits per heavy atom. The Labute approximate surface area is 180 Å². The number of hydrogen-bond donors (Lipinski definition) is 2. The lowest BCUT2D eigenvalue weighted by Gasteiger charge is -2.18. The van der Waals surface area contributed by atoms with Crippen LogP contribution >= 0.6 is 0 Å². The van der Waals surface area contributed by atoms with Gasteiger partial charge in [-0.25, -0.2) is 0 Å². The number of nitrogens with two attached hydrogens (primary N) is 1. The molecule has 0 aliphatic rings. The molecule has 0 atom stereocenters. The first-order valence-corrected chi connectivity index (χ1v) is 10.4. The van der Waals surface area contributed by atoms with Gasteiger partial charge in [0.15, 0.2) is 0 Å². The van der Waals surface area contributed by atoms with Crippen molar-refractivity contribution in [2.75, 3.05) is 0 Å². The average Bonchev–Trinajstić information content (AvgIpc) is 2.83. The molecule has 0 aromatic heterocycles. The number of hydrogen-bond acceptors (Lipinski definition) is 1. The van der Waals surface area contributed by atoms with Crippen LogP contribution in [0.4, 0.5) is 0 Å². The van der Waals surface area contributed by atoms with Crippen LogP contribution in [0.5, 0.6) is 0 Å². The van der Waals surface area contributed by atoms with Crippen molar-refractivity contribution in [3.63, 3.8) is 0 Å². The lowest BCUT2D eigenvalue weighted by molar-refractivity contribution is 1.42. The summed E-state index contributed by atoms with van der Waals surface area (Å²) in [7, 11) is 0. The average molecular weight is 396 g/mol. The molecule has 6 rings (SSSR count). The van der Waals surface area contributed by atoms with Crippen molar-refractivity contribution in [3.8, 4) is 22.3 Å². The molecule has 0 amide bonds. The van der Waals surface area contributed by atoms with E-state index in [-0.39, 0.29) is 5.84 Å². The number of benzene rings is 6. The van der Waals surface area contributed by atoms with Crippen LogP contribution in [0.1, 0.15) is 5.56 Å². The molecule has 146 valence electrons. The van der Waals surface area contributed by atoms with E-state index in [0.29, 0.717) is 0 Å². The molecule has 6 aromatic rings. The van der Waals surface area contributed by atoms with E-state index < -0.39 is 0 Å². The van der Waals surface area contributed by atoms with Gasteiger partial charge in [0.25, 0.3) is 0 Å². The maximum absolute atomic E-state index is 7.71. The van der Waals surface area contributed by atoms with Gasteiger partial charge in [0.2, 0.25) is 0 Å². The van der Waals surface area contributed by atoms with E-state index >= 15 is 0 Å². The highest BCUT2D eigenvalue weighted by Gasteiger charge is 2.16. The Morgan fingerprint density at radius 3 is 1.71 bits per heavy atom. The molecule has 0 saturated heterocycles. The maximum atomic E-state index is 7.71. The predicted octanol–water partition coefficient (Wildman–Crippen LogP) is 7.20. The van der Waals surface area contributed by atoms with Gasteiger partial charge >= 0.3 is 0 Å². The molecule has 0 heterocycles. The zero-order valence-electron chi connectivity index (χ0n) is 16.9. The molecule has 6 aromatic carbocycles. The number of nitrogens with one attached hydrogen (secondary N) is 1. The quantitative estimate of drug-likeness (QED) is 0.185. The van der Waals surface area contributed by atoms with Gasteiger partial charge in [-0.2, -0.15) is 0 Å². The molecule has 0 unspecified atom stereocenters. The third kappa shape index (κ3) is 2.69. The second-order valence-electron chi connectivity index (χ2n) is 8.01. The van der Waals surface area contributed by atoms with E-state index in [4.69, 9.17) is 11.1 Å². The van der Waals surface area contributed by atoms with E-state index in [1.165, 1.54) is 49.0 Å². The van der Waals surface area contributed by atoms with Crippen LogP contribution in [0.2, 0.25) is 0 Å². The van der Waals surface area contributed by atoms with E-state index in [0.717, 1.165) is 11.1 Å². The normalized spacial score (nSPS) is 11.5. The predicted molar refractivity (Wildman–Crippen MR) is 132 cm³/mol. The van der Waals surface area contributed by atoms with Gasteiger partial charge in [0, 0.05) is 5.56 Å². The van der Waals surface area contributed by atoms with Gasteiger partial charge < -0.3 is 5.73 Å². The smallest absolute Gasteiger partial charge is 0.122 e. The van der Waals surface area contributed by atoms with Crippen molar-refractivity contribution in [1.29, 1.82) is 5.41 Å². The summed E-state index contributed by atoms with van der Waals surface area (Å²) in [6.07, 6.45) is 0. The minimum atomic E-state index is 0.0897. The summed E-state index contributed by atoms with van der Waals surface area (Å²) in [4.78, 5) is 0. The van der Waals surface area contributed by atoms with Crippen LogP contribution in [0.25, 0.3) is 54.6 Å². The molecule has 0 aliphatic carbocycles. The van der Waals surface area contributed by atoms with Crippen molar-refractivity contribution in [3.05, 3.63) is 109 Å². The van der Waals surface area contributed by atoms with Gasteiger partial charge in [0.05, 0.1) is 0 Å². The van der Waals surface area contributed by atoms with Crippen LogP contribution in [-0.4, -0.2) is 5.84 Å². The van der Waals surface area contributed by atoms with Gasteiger partial charge in [-0.1, -0.05) is 97.1 Å². The second kappa shape index (κ2) is 6.68. The summed E-state index contributed by atoms with van der Waals surface area (Å²) in [5, 5.41) is 15.4. The van der Waals surface area contributed by atoms with Gasteiger partial charge in [-0.3, -0.25) is 5.41 Å². The van der Waals surface area contributed by atoms with Crippen molar-refractivity contribution in [2.45, 2.75) is 0 Å². The fourth-order valence-electron chi connectivity index (χ4n) is 4.76. The molecule has 0 saturated carbocycles. The van der Waals surface area contributed by atoms with Crippen LogP contribution in [0.15, 0.2) is 103 Å². The SMILES string of the molecule is N=C(N)c1ccc(-c2cc(-c3ccccc3)c3ccc4cccc5ccc2c3c45)cc1. The van der Waals surface area contributed by atoms with Crippen LogP contribution in [-0.2, 0) is 0 Å². The van der Waals surface area contributed by atoms with Gasteiger partial charge in [-0.15, -0.1) is 0 Å². The maximum Gasteiger partial charge on any atom is 0.122 e. The second-order valence-corrected chi connectivity index (χ2v) is 8.01. The lowest BCUT2D eigenvalue weighted by atomic mass is 9.85. The third-order valence-electron chi connectivity index (χ3n) is 6.24. The molecule has 31 heavy (non-hydrogen) atoms. The number of amidine groups is 1. The first kappa shape index (κ1) is 17.7. The first-order chi connectivity index (χ1) is 15.2. The molecule has 0 aliphatic heterocycles. The zero-order valence-corrected chi connectivity index (χ0v) is 16.9. The van der Waals surface area contributed by atoms with Gasteiger partial charge in [0.1, 0.15) is 5.84 Å². The van der Waals surface area contributed by atoms with E-state index in [2.05, 4.69) is 91.0 Å². The molecule has 3 N–H and O–H groups in total. The molecular weight excluding hydrogens is 376 g/mol.